The predicted octanol–water partition coefficient (Wildman–Crippen LogP) is 1.82. The van der Waals surface area contributed by atoms with E-state index in [1.807, 2.05) is 23.1 Å². The molecule has 2 aromatic rings. The quantitative estimate of drug-likeness (QED) is 0.877. The van der Waals surface area contributed by atoms with E-state index >= 15 is 0 Å². The van der Waals surface area contributed by atoms with Crippen LogP contribution < -0.4 is 14.8 Å². The van der Waals surface area contributed by atoms with Crippen LogP contribution in [0.1, 0.15) is 28.9 Å². The molecule has 2 aliphatic rings. The number of carbonyl (C=O) groups excluding carboxylic acids is 2. The SMILES string of the molecule is COc1ccc2c(c1)OC1(CCCN(C(=O)Cc3ccccn3)C1)CNC2=O. The predicted molar refractivity (Wildman–Crippen MR) is 102 cm³/mol. The molecule has 1 aromatic heterocycles. The van der Waals surface area contributed by atoms with Crippen LogP contribution in [-0.2, 0) is 11.2 Å². The Balaban J connectivity index is 1.55. The number of methoxy groups -OCH3 is 1. The summed E-state index contributed by atoms with van der Waals surface area (Å²) in [6.07, 6.45) is 3.52. The first-order valence-corrected chi connectivity index (χ1v) is 9.41. The van der Waals surface area contributed by atoms with Gasteiger partial charge >= 0.3 is 0 Å². The Bertz CT molecular complexity index is 886. The zero-order chi connectivity index (χ0) is 19.6. The number of aromatic nitrogens is 1. The van der Waals surface area contributed by atoms with Gasteiger partial charge in [-0.15, -0.1) is 0 Å². The summed E-state index contributed by atoms with van der Waals surface area (Å²) in [5, 5.41) is 2.95. The number of nitrogens with zero attached hydrogens (tertiary/aromatic N) is 2. The van der Waals surface area contributed by atoms with Crippen molar-refractivity contribution in [1.29, 1.82) is 0 Å². The van der Waals surface area contributed by atoms with E-state index in [0.29, 0.717) is 36.7 Å². The second-order valence-electron chi connectivity index (χ2n) is 7.25. The summed E-state index contributed by atoms with van der Waals surface area (Å²) in [5.74, 6) is 0.963. The molecule has 1 fully saturated rings. The van der Waals surface area contributed by atoms with Gasteiger partial charge in [0.15, 0.2) is 0 Å². The zero-order valence-electron chi connectivity index (χ0n) is 15.8. The van der Waals surface area contributed by atoms with Crippen LogP contribution in [0.25, 0.3) is 0 Å². The van der Waals surface area contributed by atoms with Gasteiger partial charge in [0.25, 0.3) is 5.91 Å². The summed E-state index contributed by atoms with van der Waals surface area (Å²) in [6.45, 7) is 1.46. The van der Waals surface area contributed by atoms with Gasteiger partial charge < -0.3 is 19.7 Å². The van der Waals surface area contributed by atoms with Gasteiger partial charge in [0, 0.05) is 24.5 Å². The molecule has 2 amide bonds. The fourth-order valence-electron chi connectivity index (χ4n) is 3.82. The summed E-state index contributed by atoms with van der Waals surface area (Å²) >= 11 is 0. The van der Waals surface area contributed by atoms with E-state index in [0.717, 1.165) is 18.5 Å². The smallest absolute Gasteiger partial charge is 0.255 e. The molecule has 0 saturated carbocycles. The van der Waals surface area contributed by atoms with Crippen molar-refractivity contribution >= 4 is 11.8 Å². The van der Waals surface area contributed by atoms with Crippen molar-refractivity contribution in [2.45, 2.75) is 24.9 Å². The van der Waals surface area contributed by atoms with E-state index in [1.54, 1.807) is 31.5 Å². The number of hydrogen-bond acceptors (Lipinski definition) is 5. The largest absolute Gasteiger partial charge is 0.497 e. The summed E-state index contributed by atoms with van der Waals surface area (Å²) < 4.78 is 11.6. The molecule has 7 heteroatoms. The molecule has 0 aliphatic carbocycles. The molecule has 146 valence electrons. The molecular weight excluding hydrogens is 358 g/mol. The topological polar surface area (TPSA) is 80.8 Å². The molecule has 1 spiro atoms. The Hall–Kier alpha value is -3.09. The molecule has 28 heavy (non-hydrogen) atoms. The summed E-state index contributed by atoms with van der Waals surface area (Å²) in [6, 6.07) is 10.7. The van der Waals surface area contributed by atoms with E-state index in [9.17, 15) is 9.59 Å². The average Bonchev–Trinajstić information content (AvgIpc) is 2.85. The minimum Gasteiger partial charge on any atom is -0.497 e. The normalized spacial score (nSPS) is 21.3. The average molecular weight is 381 g/mol. The van der Waals surface area contributed by atoms with E-state index in [1.165, 1.54) is 0 Å². The van der Waals surface area contributed by atoms with Crippen molar-refractivity contribution in [3.8, 4) is 11.5 Å². The third-order valence-electron chi connectivity index (χ3n) is 5.28. The third-order valence-corrected chi connectivity index (χ3v) is 5.28. The van der Waals surface area contributed by atoms with Crippen LogP contribution in [0.3, 0.4) is 0 Å². The van der Waals surface area contributed by atoms with Crippen molar-refractivity contribution in [3.05, 3.63) is 53.9 Å². The van der Waals surface area contributed by atoms with Crippen LogP contribution >= 0.6 is 0 Å². The molecule has 1 atom stereocenters. The lowest BCUT2D eigenvalue weighted by Gasteiger charge is -2.42. The Morgan fingerprint density at radius 3 is 3.04 bits per heavy atom. The molecule has 0 radical (unpaired) electrons. The molecule has 1 unspecified atom stereocenters. The number of nitrogens with one attached hydrogen (secondary N) is 1. The molecule has 2 aliphatic heterocycles. The number of pyridine rings is 1. The monoisotopic (exact) mass is 381 g/mol. The fraction of sp³-hybridized carbons (Fsp3) is 0.381. The van der Waals surface area contributed by atoms with Gasteiger partial charge in [-0.2, -0.15) is 0 Å². The standard InChI is InChI=1S/C21H23N3O4/c1-27-16-6-7-17-18(12-16)28-21(13-23-20(17)26)8-4-10-24(14-21)19(25)11-15-5-2-3-9-22-15/h2-3,5-7,9,12H,4,8,10-11,13-14H2,1H3,(H,23,26). The number of carbonyl (C=O) groups is 2. The molecule has 3 heterocycles. The number of ether oxygens (including phenoxy) is 2. The van der Waals surface area contributed by atoms with E-state index in [4.69, 9.17) is 9.47 Å². The van der Waals surface area contributed by atoms with Gasteiger partial charge in [0.2, 0.25) is 5.91 Å². The Labute approximate surface area is 163 Å². The van der Waals surface area contributed by atoms with Gasteiger partial charge in [0.1, 0.15) is 17.1 Å². The summed E-state index contributed by atoms with van der Waals surface area (Å²) in [5.41, 5.74) is 0.581. The molecule has 1 N–H and O–H groups in total. The summed E-state index contributed by atoms with van der Waals surface area (Å²) in [4.78, 5) is 31.3. The molecule has 4 rings (SSSR count). The maximum Gasteiger partial charge on any atom is 0.255 e. The van der Waals surface area contributed by atoms with Crippen molar-refractivity contribution in [2.24, 2.45) is 0 Å². The van der Waals surface area contributed by atoms with Gasteiger partial charge in [-0.1, -0.05) is 6.07 Å². The van der Waals surface area contributed by atoms with Crippen molar-refractivity contribution < 1.29 is 19.1 Å². The Morgan fingerprint density at radius 2 is 2.25 bits per heavy atom. The minimum absolute atomic E-state index is 0.0165. The van der Waals surface area contributed by atoms with Gasteiger partial charge in [0.05, 0.1) is 32.2 Å². The number of piperidine rings is 1. The van der Waals surface area contributed by atoms with Crippen molar-refractivity contribution in [1.82, 2.24) is 15.2 Å². The van der Waals surface area contributed by atoms with Crippen LogP contribution in [0, 0.1) is 0 Å². The highest BCUT2D eigenvalue weighted by molar-refractivity contribution is 5.97. The number of hydrogen-bond donors (Lipinski definition) is 1. The Kier molecular flexibility index (Phi) is 4.90. The maximum atomic E-state index is 12.8. The first-order chi connectivity index (χ1) is 13.6. The highest BCUT2D eigenvalue weighted by Gasteiger charge is 2.42. The molecular formula is C21H23N3O4. The van der Waals surface area contributed by atoms with Crippen LogP contribution in [0.4, 0.5) is 0 Å². The van der Waals surface area contributed by atoms with Gasteiger partial charge in [-0.05, 0) is 37.1 Å². The number of benzene rings is 1. The summed E-state index contributed by atoms with van der Waals surface area (Å²) in [7, 11) is 1.58. The van der Waals surface area contributed by atoms with Gasteiger partial charge in [-0.25, -0.2) is 0 Å². The minimum atomic E-state index is -0.648. The first-order valence-electron chi connectivity index (χ1n) is 9.41. The van der Waals surface area contributed by atoms with Gasteiger partial charge in [-0.3, -0.25) is 14.6 Å². The first kappa shape index (κ1) is 18.3. The van der Waals surface area contributed by atoms with E-state index in [-0.39, 0.29) is 18.2 Å². The lowest BCUT2D eigenvalue weighted by Crippen LogP contribution is -2.58. The van der Waals surface area contributed by atoms with Crippen LogP contribution in [0.15, 0.2) is 42.6 Å². The van der Waals surface area contributed by atoms with Crippen LogP contribution in [0.2, 0.25) is 0 Å². The van der Waals surface area contributed by atoms with Crippen molar-refractivity contribution in [2.75, 3.05) is 26.7 Å². The number of fused-ring (bicyclic) bond motifs is 1. The lowest BCUT2D eigenvalue weighted by atomic mass is 9.92. The maximum absolute atomic E-state index is 12.8. The van der Waals surface area contributed by atoms with Crippen LogP contribution in [0.5, 0.6) is 11.5 Å². The zero-order valence-corrected chi connectivity index (χ0v) is 15.8. The molecule has 0 bridgehead atoms. The van der Waals surface area contributed by atoms with E-state index in [2.05, 4.69) is 10.3 Å². The molecule has 1 aromatic carbocycles. The number of amides is 2. The van der Waals surface area contributed by atoms with Crippen molar-refractivity contribution in [3.63, 3.8) is 0 Å². The molecule has 7 nitrogen and oxygen atoms in total. The van der Waals surface area contributed by atoms with Crippen LogP contribution in [-0.4, -0.2) is 54.0 Å². The Morgan fingerprint density at radius 1 is 1.36 bits per heavy atom. The number of rotatable bonds is 3. The highest BCUT2D eigenvalue weighted by Crippen LogP contribution is 2.34. The highest BCUT2D eigenvalue weighted by atomic mass is 16.5. The lowest BCUT2D eigenvalue weighted by molar-refractivity contribution is -0.136. The number of likely N-dealkylation sites (tertiary alicyclic amines) is 1. The third kappa shape index (κ3) is 3.65. The second-order valence-corrected chi connectivity index (χ2v) is 7.25. The van der Waals surface area contributed by atoms with E-state index < -0.39 is 5.60 Å². The second kappa shape index (κ2) is 7.50. The fourth-order valence-corrected chi connectivity index (χ4v) is 3.82. The molecule has 1 saturated heterocycles.